The largest absolute Gasteiger partial charge is 0.383 e. The normalized spacial score (nSPS) is 11.9. The number of nitrogens with one attached hydrogen (secondary N) is 1. The topological polar surface area (TPSA) is 67.6 Å². The van der Waals surface area contributed by atoms with Gasteiger partial charge in [-0.2, -0.15) is 0 Å². The summed E-state index contributed by atoms with van der Waals surface area (Å²) < 4.78 is 4.83. The van der Waals surface area contributed by atoms with Crippen molar-refractivity contribution in [2.24, 2.45) is 5.73 Å². The molecule has 0 bridgehead atoms. The van der Waals surface area contributed by atoms with Gasteiger partial charge in [-0.3, -0.25) is 4.79 Å². The Morgan fingerprint density at radius 2 is 2.11 bits per heavy atom. The van der Waals surface area contributed by atoms with Gasteiger partial charge in [0.15, 0.2) is 0 Å². The number of hydrogen-bond donors (Lipinski definition) is 2. The highest BCUT2D eigenvalue weighted by Crippen LogP contribution is 2.09. The average Bonchev–Trinajstić information content (AvgIpc) is 2.39. The number of nitrogens with zero attached hydrogens (tertiary/aromatic N) is 1. The lowest BCUT2D eigenvalue weighted by molar-refractivity contribution is -0.123. The molecule has 1 aromatic carbocycles. The van der Waals surface area contributed by atoms with Crippen molar-refractivity contribution in [3.8, 4) is 0 Å². The van der Waals surface area contributed by atoms with Gasteiger partial charge < -0.3 is 20.7 Å². The van der Waals surface area contributed by atoms with Crippen molar-refractivity contribution in [1.82, 2.24) is 5.32 Å². The van der Waals surface area contributed by atoms with E-state index in [1.165, 1.54) is 7.11 Å². The minimum Gasteiger partial charge on any atom is -0.383 e. The van der Waals surface area contributed by atoms with E-state index < -0.39 is 6.04 Å². The number of carbonyl (C=O) groups is 1. The first-order chi connectivity index (χ1) is 8.65. The van der Waals surface area contributed by atoms with Gasteiger partial charge in [0.2, 0.25) is 5.91 Å². The smallest absolute Gasteiger partial charge is 0.239 e. The number of rotatable bonds is 7. The lowest BCUT2D eigenvalue weighted by Gasteiger charge is -2.20. The number of benzene rings is 1. The molecule has 100 valence electrons. The number of anilines is 1. The molecule has 0 aliphatic carbocycles. The van der Waals surface area contributed by atoms with Crippen LogP contribution in [-0.2, 0) is 9.53 Å². The maximum absolute atomic E-state index is 11.5. The quantitative estimate of drug-likeness (QED) is 0.727. The highest BCUT2D eigenvalue weighted by molar-refractivity contribution is 5.81. The number of para-hydroxylation sites is 1. The number of amides is 1. The second kappa shape index (κ2) is 7.68. The second-order valence-corrected chi connectivity index (χ2v) is 4.11. The number of hydrogen-bond acceptors (Lipinski definition) is 4. The van der Waals surface area contributed by atoms with Crippen LogP contribution in [0.1, 0.15) is 0 Å². The second-order valence-electron chi connectivity index (χ2n) is 4.11. The number of nitrogens with two attached hydrogens (primary N) is 1. The predicted octanol–water partition coefficient (Wildman–Crippen LogP) is 0.213. The first kappa shape index (κ1) is 14.5. The number of methoxy groups -OCH3 is 1. The Hall–Kier alpha value is -1.59. The Morgan fingerprint density at radius 3 is 2.72 bits per heavy atom. The first-order valence-electron chi connectivity index (χ1n) is 5.93. The zero-order chi connectivity index (χ0) is 13.4. The third kappa shape index (κ3) is 4.73. The molecular formula is C13H21N3O2. The van der Waals surface area contributed by atoms with E-state index in [4.69, 9.17) is 10.5 Å². The third-order valence-electron chi connectivity index (χ3n) is 2.63. The van der Waals surface area contributed by atoms with Gasteiger partial charge in [0.05, 0.1) is 6.61 Å². The van der Waals surface area contributed by atoms with Gasteiger partial charge in [-0.05, 0) is 12.1 Å². The summed E-state index contributed by atoms with van der Waals surface area (Å²) in [4.78, 5) is 13.6. The summed E-state index contributed by atoms with van der Waals surface area (Å²) in [5.41, 5.74) is 6.72. The molecule has 0 fully saturated rings. The Balaban J connectivity index is 2.27. The zero-order valence-electron chi connectivity index (χ0n) is 10.9. The zero-order valence-corrected chi connectivity index (χ0v) is 10.9. The van der Waals surface area contributed by atoms with Gasteiger partial charge in [0.25, 0.3) is 0 Å². The van der Waals surface area contributed by atoms with Crippen molar-refractivity contribution in [2.75, 3.05) is 38.8 Å². The fraction of sp³-hybridized carbons (Fsp3) is 0.462. The summed E-state index contributed by atoms with van der Waals surface area (Å²) in [6, 6.07) is 9.40. The first-order valence-corrected chi connectivity index (χ1v) is 5.93. The maximum atomic E-state index is 11.5. The molecule has 5 nitrogen and oxygen atoms in total. The van der Waals surface area contributed by atoms with E-state index in [1.54, 1.807) is 0 Å². The van der Waals surface area contributed by atoms with Crippen LogP contribution >= 0.6 is 0 Å². The Labute approximate surface area is 108 Å². The van der Waals surface area contributed by atoms with Crippen LogP contribution in [0, 0.1) is 0 Å². The molecule has 1 amide bonds. The van der Waals surface area contributed by atoms with E-state index in [0.29, 0.717) is 6.54 Å². The minimum absolute atomic E-state index is 0.182. The number of ether oxygens (including phenoxy) is 1. The van der Waals surface area contributed by atoms with E-state index >= 15 is 0 Å². The molecular weight excluding hydrogens is 230 g/mol. The molecule has 3 N–H and O–H groups in total. The van der Waals surface area contributed by atoms with Gasteiger partial charge in [0, 0.05) is 32.9 Å². The minimum atomic E-state index is -0.600. The van der Waals surface area contributed by atoms with Gasteiger partial charge >= 0.3 is 0 Å². The molecule has 0 aliphatic rings. The molecule has 18 heavy (non-hydrogen) atoms. The molecule has 0 radical (unpaired) electrons. The van der Waals surface area contributed by atoms with Crippen LogP contribution in [0.2, 0.25) is 0 Å². The molecule has 1 rings (SSSR count). The van der Waals surface area contributed by atoms with Crippen molar-refractivity contribution < 1.29 is 9.53 Å². The average molecular weight is 251 g/mol. The summed E-state index contributed by atoms with van der Waals surface area (Å²) in [6.45, 7) is 1.53. The van der Waals surface area contributed by atoms with Crippen LogP contribution in [0.15, 0.2) is 30.3 Å². The standard InChI is InChI=1S/C13H21N3O2/c1-16(11-6-4-3-5-7-11)9-8-15-13(17)12(14)10-18-2/h3-7,12H,8-10,14H2,1-2H3,(H,15,17). The SMILES string of the molecule is COCC(N)C(=O)NCCN(C)c1ccccc1. The summed E-state index contributed by atoms with van der Waals surface area (Å²) in [5, 5.41) is 2.78. The van der Waals surface area contributed by atoms with Crippen LogP contribution in [0.25, 0.3) is 0 Å². The van der Waals surface area contributed by atoms with Gasteiger partial charge in [-0.15, -0.1) is 0 Å². The fourth-order valence-electron chi connectivity index (χ4n) is 1.54. The van der Waals surface area contributed by atoms with E-state index in [9.17, 15) is 4.79 Å². The molecule has 1 aromatic rings. The van der Waals surface area contributed by atoms with Gasteiger partial charge in [0.1, 0.15) is 6.04 Å². The fourth-order valence-corrected chi connectivity index (χ4v) is 1.54. The maximum Gasteiger partial charge on any atom is 0.239 e. The van der Waals surface area contributed by atoms with Crippen LogP contribution in [0.5, 0.6) is 0 Å². The van der Waals surface area contributed by atoms with Crippen LogP contribution in [-0.4, -0.2) is 45.8 Å². The molecule has 5 heteroatoms. The number of carbonyl (C=O) groups excluding carboxylic acids is 1. The van der Waals surface area contributed by atoms with Crippen molar-refractivity contribution >= 4 is 11.6 Å². The molecule has 1 unspecified atom stereocenters. The molecule has 0 aromatic heterocycles. The summed E-state index contributed by atoms with van der Waals surface area (Å²) in [6.07, 6.45) is 0. The van der Waals surface area contributed by atoms with Crippen molar-refractivity contribution in [1.29, 1.82) is 0 Å². The lowest BCUT2D eigenvalue weighted by Crippen LogP contribution is -2.45. The monoisotopic (exact) mass is 251 g/mol. The molecule has 0 saturated heterocycles. The molecule has 0 aliphatic heterocycles. The highest BCUT2D eigenvalue weighted by atomic mass is 16.5. The molecule has 0 heterocycles. The van der Waals surface area contributed by atoms with E-state index in [0.717, 1.165) is 12.2 Å². The summed E-state index contributed by atoms with van der Waals surface area (Å²) in [7, 11) is 3.51. The van der Waals surface area contributed by atoms with E-state index in [-0.39, 0.29) is 12.5 Å². The van der Waals surface area contributed by atoms with Crippen LogP contribution in [0.3, 0.4) is 0 Å². The Morgan fingerprint density at radius 1 is 1.44 bits per heavy atom. The predicted molar refractivity (Wildman–Crippen MR) is 72.6 cm³/mol. The van der Waals surface area contributed by atoms with Crippen molar-refractivity contribution in [3.05, 3.63) is 30.3 Å². The van der Waals surface area contributed by atoms with Gasteiger partial charge in [-0.1, -0.05) is 18.2 Å². The summed E-state index contributed by atoms with van der Waals surface area (Å²) in [5.74, 6) is -0.182. The van der Waals surface area contributed by atoms with Crippen molar-refractivity contribution in [3.63, 3.8) is 0 Å². The Kier molecular flexibility index (Phi) is 6.18. The van der Waals surface area contributed by atoms with Gasteiger partial charge in [-0.25, -0.2) is 0 Å². The molecule has 0 spiro atoms. The van der Waals surface area contributed by atoms with E-state index in [1.807, 2.05) is 37.4 Å². The molecule has 1 atom stereocenters. The van der Waals surface area contributed by atoms with E-state index in [2.05, 4.69) is 10.2 Å². The summed E-state index contributed by atoms with van der Waals surface area (Å²) >= 11 is 0. The lowest BCUT2D eigenvalue weighted by atomic mass is 10.3. The third-order valence-corrected chi connectivity index (χ3v) is 2.63. The number of likely N-dealkylation sites (N-methyl/N-ethyl adjacent to an activating group) is 1. The van der Waals surface area contributed by atoms with Crippen LogP contribution in [0.4, 0.5) is 5.69 Å². The van der Waals surface area contributed by atoms with Crippen molar-refractivity contribution in [2.45, 2.75) is 6.04 Å². The Bertz CT molecular complexity index is 357. The van der Waals surface area contributed by atoms with Crippen LogP contribution < -0.4 is 16.0 Å². The highest BCUT2D eigenvalue weighted by Gasteiger charge is 2.12. The molecule has 0 saturated carbocycles.